The Morgan fingerprint density at radius 3 is 2.10 bits per heavy atom. The van der Waals surface area contributed by atoms with E-state index in [1.54, 1.807) is 29.2 Å². The summed E-state index contributed by atoms with van der Waals surface area (Å²) in [6.07, 6.45) is 0. The minimum absolute atomic E-state index is 0.00439. The number of methoxy groups -OCH3 is 1. The van der Waals surface area contributed by atoms with Crippen LogP contribution < -0.4 is 4.74 Å². The number of ether oxygens (including phenoxy) is 2. The van der Waals surface area contributed by atoms with Gasteiger partial charge in [0.2, 0.25) is 0 Å². The van der Waals surface area contributed by atoms with E-state index in [0.717, 1.165) is 5.56 Å². The van der Waals surface area contributed by atoms with Crippen LogP contribution in [0, 0.1) is 0 Å². The van der Waals surface area contributed by atoms with Crippen molar-refractivity contribution < 1.29 is 27.8 Å². The predicted molar refractivity (Wildman–Crippen MR) is 107 cm³/mol. The van der Waals surface area contributed by atoms with E-state index in [0.29, 0.717) is 36.8 Å². The fourth-order valence-corrected chi connectivity index (χ4v) is 3.52. The number of rotatable bonds is 6. The van der Waals surface area contributed by atoms with E-state index in [9.17, 15) is 18.4 Å². The Bertz CT molecular complexity index is 870. The van der Waals surface area contributed by atoms with E-state index in [1.165, 1.54) is 31.4 Å². The van der Waals surface area contributed by atoms with Crippen LogP contribution in [0.1, 0.15) is 22.0 Å². The summed E-state index contributed by atoms with van der Waals surface area (Å²) in [4.78, 5) is 28.7. The number of nitrogens with zero attached hydrogens (tertiary/aromatic N) is 2. The molecule has 6 nitrogen and oxygen atoms in total. The van der Waals surface area contributed by atoms with Gasteiger partial charge in [-0.25, -0.2) is 4.79 Å². The van der Waals surface area contributed by atoms with Crippen molar-refractivity contribution in [3.05, 3.63) is 64.7 Å². The number of carbonyl (C=O) groups is 2. The first-order valence-electron chi connectivity index (χ1n) is 9.30. The minimum Gasteiger partial charge on any atom is -0.468 e. The maximum Gasteiger partial charge on any atom is 0.387 e. The molecule has 2 aromatic rings. The van der Waals surface area contributed by atoms with Gasteiger partial charge in [-0.2, -0.15) is 8.78 Å². The van der Waals surface area contributed by atoms with Gasteiger partial charge in [0.05, 0.1) is 7.11 Å². The monoisotopic (exact) mass is 438 g/mol. The SMILES string of the molecule is COC(=O)C(c1ccc(Cl)cc1)N1CCN(C(=O)c2ccc(OC(F)F)cc2)CC1. The van der Waals surface area contributed by atoms with E-state index >= 15 is 0 Å². The predicted octanol–water partition coefficient (Wildman–Crippen LogP) is 3.61. The molecular formula is C21H21ClF2N2O4. The van der Waals surface area contributed by atoms with Crippen molar-refractivity contribution in [3.63, 3.8) is 0 Å². The molecule has 0 N–H and O–H groups in total. The highest BCUT2D eigenvalue weighted by atomic mass is 35.5. The smallest absolute Gasteiger partial charge is 0.387 e. The lowest BCUT2D eigenvalue weighted by molar-refractivity contribution is -0.148. The highest BCUT2D eigenvalue weighted by Gasteiger charge is 2.32. The summed E-state index contributed by atoms with van der Waals surface area (Å²) >= 11 is 5.94. The maximum absolute atomic E-state index is 12.7. The third kappa shape index (κ3) is 5.25. The summed E-state index contributed by atoms with van der Waals surface area (Å²) < 4.78 is 33.8. The highest BCUT2D eigenvalue weighted by Crippen LogP contribution is 2.26. The summed E-state index contributed by atoms with van der Waals surface area (Å²) in [5, 5.41) is 0.572. The van der Waals surface area contributed by atoms with Gasteiger partial charge in [-0.1, -0.05) is 23.7 Å². The highest BCUT2D eigenvalue weighted by molar-refractivity contribution is 6.30. The van der Waals surface area contributed by atoms with E-state index in [4.69, 9.17) is 16.3 Å². The second-order valence-corrected chi connectivity index (χ2v) is 7.14. The van der Waals surface area contributed by atoms with Crippen LogP contribution in [0.3, 0.4) is 0 Å². The molecule has 2 aromatic carbocycles. The molecule has 160 valence electrons. The number of piperazine rings is 1. The number of esters is 1. The maximum atomic E-state index is 12.7. The molecule has 30 heavy (non-hydrogen) atoms. The van der Waals surface area contributed by atoms with Gasteiger partial charge in [0.1, 0.15) is 11.8 Å². The number of hydrogen-bond donors (Lipinski definition) is 0. The average molecular weight is 439 g/mol. The Morgan fingerprint density at radius 1 is 0.967 bits per heavy atom. The first kappa shape index (κ1) is 22.0. The molecule has 1 fully saturated rings. The fraction of sp³-hybridized carbons (Fsp3) is 0.333. The molecule has 0 radical (unpaired) electrons. The zero-order chi connectivity index (χ0) is 21.7. The third-order valence-corrected chi connectivity index (χ3v) is 5.16. The first-order valence-corrected chi connectivity index (χ1v) is 9.68. The number of halogens is 3. The molecule has 1 aliphatic rings. The summed E-state index contributed by atoms with van der Waals surface area (Å²) in [5.41, 5.74) is 1.15. The number of benzene rings is 2. The van der Waals surface area contributed by atoms with Crippen molar-refractivity contribution >= 4 is 23.5 Å². The van der Waals surface area contributed by atoms with Crippen LogP contribution in [0.2, 0.25) is 5.02 Å². The van der Waals surface area contributed by atoms with Gasteiger partial charge in [0.15, 0.2) is 0 Å². The number of carbonyl (C=O) groups excluding carboxylic acids is 2. The molecule has 0 aromatic heterocycles. The Morgan fingerprint density at radius 2 is 1.57 bits per heavy atom. The molecule has 1 aliphatic heterocycles. The molecule has 1 saturated heterocycles. The lowest BCUT2D eigenvalue weighted by Crippen LogP contribution is -2.51. The molecule has 0 bridgehead atoms. The van der Waals surface area contributed by atoms with Gasteiger partial charge < -0.3 is 14.4 Å². The number of hydrogen-bond acceptors (Lipinski definition) is 5. The Labute approximate surface area is 177 Å². The van der Waals surface area contributed by atoms with Crippen LogP contribution >= 0.6 is 11.6 Å². The number of alkyl halides is 2. The Balaban J connectivity index is 1.65. The Kier molecular flexibility index (Phi) is 7.23. The average Bonchev–Trinajstić information content (AvgIpc) is 2.75. The summed E-state index contributed by atoms with van der Waals surface area (Å²) in [6.45, 7) is -1.14. The van der Waals surface area contributed by atoms with Crippen molar-refractivity contribution in [1.29, 1.82) is 0 Å². The van der Waals surface area contributed by atoms with Crippen LogP contribution in [0.5, 0.6) is 5.75 Å². The molecule has 1 amide bonds. The van der Waals surface area contributed by atoms with Crippen molar-refractivity contribution in [1.82, 2.24) is 9.80 Å². The minimum atomic E-state index is -2.91. The molecule has 9 heteroatoms. The van der Waals surface area contributed by atoms with Gasteiger partial charge in [-0.15, -0.1) is 0 Å². The third-order valence-electron chi connectivity index (χ3n) is 4.90. The summed E-state index contributed by atoms with van der Waals surface area (Å²) in [7, 11) is 1.34. The van der Waals surface area contributed by atoms with E-state index in [2.05, 4.69) is 4.74 Å². The van der Waals surface area contributed by atoms with Crippen LogP contribution in [0.25, 0.3) is 0 Å². The van der Waals surface area contributed by atoms with Crippen molar-refractivity contribution in [2.45, 2.75) is 12.7 Å². The van der Waals surface area contributed by atoms with Gasteiger partial charge in [0.25, 0.3) is 5.91 Å². The topological polar surface area (TPSA) is 59.1 Å². The lowest BCUT2D eigenvalue weighted by atomic mass is 10.0. The molecule has 0 saturated carbocycles. The Hall–Kier alpha value is -2.71. The second kappa shape index (κ2) is 9.86. The molecule has 0 aliphatic carbocycles. The normalized spacial score (nSPS) is 15.7. The van der Waals surface area contributed by atoms with Gasteiger partial charge in [-0.05, 0) is 42.0 Å². The quantitative estimate of drug-likeness (QED) is 0.645. The van der Waals surface area contributed by atoms with Gasteiger partial charge in [-0.3, -0.25) is 9.69 Å². The van der Waals surface area contributed by atoms with Crippen LogP contribution in [-0.2, 0) is 9.53 Å². The van der Waals surface area contributed by atoms with E-state index < -0.39 is 12.7 Å². The molecule has 1 atom stereocenters. The van der Waals surface area contributed by atoms with Crippen molar-refractivity contribution in [3.8, 4) is 5.75 Å². The van der Waals surface area contributed by atoms with Crippen molar-refractivity contribution in [2.75, 3.05) is 33.3 Å². The number of amides is 1. The van der Waals surface area contributed by atoms with Crippen LogP contribution in [0.15, 0.2) is 48.5 Å². The zero-order valence-electron chi connectivity index (χ0n) is 16.3. The zero-order valence-corrected chi connectivity index (χ0v) is 17.0. The molecule has 1 unspecified atom stereocenters. The molecule has 0 spiro atoms. The van der Waals surface area contributed by atoms with Crippen LogP contribution in [0.4, 0.5) is 8.78 Å². The van der Waals surface area contributed by atoms with Gasteiger partial charge >= 0.3 is 12.6 Å². The molecule has 3 rings (SSSR count). The van der Waals surface area contributed by atoms with Crippen molar-refractivity contribution in [2.24, 2.45) is 0 Å². The molecule has 1 heterocycles. The lowest BCUT2D eigenvalue weighted by Gasteiger charge is -2.38. The fourth-order valence-electron chi connectivity index (χ4n) is 3.40. The largest absolute Gasteiger partial charge is 0.468 e. The standard InChI is InChI=1S/C21H21ClF2N2O4/c1-29-20(28)18(14-2-6-16(22)7-3-14)25-10-12-26(13-11-25)19(27)15-4-8-17(9-5-15)30-21(23)24/h2-9,18,21H,10-13H2,1H3. The van der Waals surface area contributed by atoms with E-state index in [-0.39, 0.29) is 17.6 Å². The summed E-state index contributed by atoms with van der Waals surface area (Å²) in [5.74, 6) is -0.596. The first-order chi connectivity index (χ1) is 14.4. The van der Waals surface area contributed by atoms with Crippen LogP contribution in [-0.4, -0.2) is 61.6 Å². The second-order valence-electron chi connectivity index (χ2n) is 6.71. The van der Waals surface area contributed by atoms with E-state index in [1.807, 2.05) is 4.90 Å². The van der Waals surface area contributed by atoms with Gasteiger partial charge in [0, 0.05) is 36.8 Å². The molecular weight excluding hydrogens is 418 g/mol. The summed E-state index contributed by atoms with van der Waals surface area (Å²) in [6, 6.07) is 12.0.